The first-order valence-corrected chi connectivity index (χ1v) is 8.52. The molecule has 4 saturated carbocycles. The van der Waals surface area contributed by atoms with Gasteiger partial charge in [-0.1, -0.05) is 29.3 Å². The molecule has 1 unspecified atom stereocenters. The lowest BCUT2D eigenvalue weighted by Gasteiger charge is -2.59. The van der Waals surface area contributed by atoms with Gasteiger partial charge in [0.1, 0.15) is 0 Å². The van der Waals surface area contributed by atoms with Gasteiger partial charge in [-0.3, -0.25) is 0 Å². The molecule has 20 heavy (non-hydrogen) atoms. The van der Waals surface area contributed by atoms with E-state index in [1.807, 2.05) is 18.2 Å². The van der Waals surface area contributed by atoms with Crippen LogP contribution in [0.4, 0.5) is 0 Å². The molecule has 1 nitrogen and oxygen atoms in total. The summed E-state index contributed by atoms with van der Waals surface area (Å²) < 4.78 is 0. The number of benzene rings is 1. The number of hydrogen-bond donors (Lipinski definition) is 1. The average molecular weight is 310 g/mol. The summed E-state index contributed by atoms with van der Waals surface area (Å²) in [5, 5.41) is 1.43. The first-order valence-electron chi connectivity index (χ1n) is 7.76. The Morgan fingerprint density at radius 2 is 1.55 bits per heavy atom. The van der Waals surface area contributed by atoms with Gasteiger partial charge in [0.2, 0.25) is 0 Å². The van der Waals surface area contributed by atoms with Crippen LogP contribution < -0.4 is 5.73 Å². The van der Waals surface area contributed by atoms with Crippen molar-refractivity contribution in [3.05, 3.63) is 33.8 Å². The molecule has 4 aliphatic rings. The van der Waals surface area contributed by atoms with Crippen molar-refractivity contribution in [1.82, 2.24) is 0 Å². The topological polar surface area (TPSA) is 26.0 Å². The SMILES string of the molecule is NC(c1ccc(Cl)cc1Cl)C12CC3CC(CC(C3)C1)C2. The minimum absolute atomic E-state index is 0.0701. The summed E-state index contributed by atoms with van der Waals surface area (Å²) in [7, 11) is 0. The van der Waals surface area contributed by atoms with Gasteiger partial charge in [-0.05, 0) is 79.4 Å². The van der Waals surface area contributed by atoms with Gasteiger partial charge in [0, 0.05) is 16.1 Å². The van der Waals surface area contributed by atoms with Crippen LogP contribution in [0, 0.1) is 23.2 Å². The van der Waals surface area contributed by atoms with Crippen molar-refractivity contribution in [2.45, 2.75) is 44.6 Å². The molecule has 0 amide bonds. The zero-order valence-corrected chi connectivity index (χ0v) is 13.1. The van der Waals surface area contributed by atoms with Crippen LogP contribution >= 0.6 is 23.2 Å². The summed E-state index contributed by atoms with van der Waals surface area (Å²) in [5.74, 6) is 2.75. The highest BCUT2D eigenvalue weighted by Gasteiger charge is 2.53. The maximum absolute atomic E-state index is 6.72. The van der Waals surface area contributed by atoms with Crippen molar-refractivity contribution in [1.29, 1.82) is 0 Å². The monoisotopic (exact) mass is 309 g/mol. The predicted octanol–water partition coefficient (Wildman–Crippen LogP) is 5.21. The van der Waals surface area contributed by atoms with Crippen LogP contribution in [0.5, 0.6) is 0 Å². The number of halogens is 2. The molecular weight excluding hydrogens is 289 g/mol. The maximum Gasteiger partial charge on any atom is 0.0468 e. The van der Waals surface area contributed by atoms with E-state index in [9.17, 15) is 0 Å². The van der Waals surface area contributed by atoms with Gasteiger partial charge < -0.3 is 5.73 Å². The summed E-state index contributed by atoms with van der Waals surface area (Å²) in [6.07, 6.45) is 8.25. The van der Waals surface area contributed by atoms with E-state index in [4.69, 9.17) is 28.9 Å². The van der Waals surface area contributed by atoms with Crippen LogP contribution in [0.25, 0.3) is 0 Å². The molecule has 4 aliphatic carbocycles. The Bertz CT molecular complexity index is 505. The molecule has 0 aromatic heterocycles. The molecule has 1 atom stereocenters. The second-order valence-electron chi connectivity index (χ2n) is 7.42. The van der Waals surface area contributed by atoms with Crippen LogP contribution in [-0.2, 0) is 0 Å². The van der Waals surface area contributed by atoms with E-state index in [2.05, 4.69) is 0 Å². The Morgan fingerprint density at radius 3 is 2.05 bits per heavy atom. The second kappa shape index (κ2) is 4.63. The Kier molecular flexibility index (Phi) is 3.11. The Hall–Kier alpha value is -0.240. The van der Waals surface area contributed by atoms with Crippen LogP contribution in [0.15, 0.2) is 18.2 Å². The quantitative estimate of drug-likeness (QED) is 0.797. The van der Waals surface area contributed by atoms with E-state index in [0.29, 0.717) is 10.4 Å². The molecule has 0 saturated heterocycles. The lowest BCUT2D eigenvalue weighted by Crippen LogP contribution is -2.50. The summed E-state index contributed by atoms with van der Waals surface area (Å²) in [6.45, 7) is 0. The molecule has 4 fully saturated rings. The highest BCUT2D eigenvalue weighted by Crippen LogP contribution is 2.63. The molecule has 108 valence electrons. The molecule has 1 aromatic carbocycles. The molecule has 0 spiro atoms. The number of hydrogen-bond acceptors (Lipinski definition) is 1. The standard InChI is InChI=1S/C17H21Cl2N/c18-13-1-2-14(15(19)6-13)16(20)17-7-10-3-11(8-17)5-12(4-10)9-17/h1-2,6,10-12,16H,3-5,7-9,20H2. The first-order chi connectivity index (χ1) is 9.56. The maximum atomic E-state index is 6.72. The van der Waals surface area contributed by atoms with Gasteiger partial charge in [-0.2, -0.15) is 0 Å². The van der Waals surface area contributed by atoms with Crippen molar-refractivity contribution in [2.24, 2.45) is 28.9 Å². The third-order valence-corrected chi connectivity index (χ3v) is 6.61. The van der Waals surface area contributed by atoms with Crippen LogP contribution in [0.1, 0.15) is 50.1 Å². The minimum Gasteiger partial charge on any atom is -0.323 e. The second-order valence-corrected chi connectivity index (χ2v) is 8.27. The van der Waals surface area contributed by atoms with Crippen molar-refractivity contribution >= 4 is 23.2 Å². The van der Waals surface area contributed by atoms with E-state index >= 15 is 0 Å². The lowest BCUT2D eigenvalue weighted by molar-refractivity contribution is -0.0677. The Balaban J connectivity index is 1.69. The summed E-state index contributed by atoms with van der Waals surface area (Å²) in [4.78, 5) is 0. The fourth-order valence-electron chi connectivity index (χ4n) is 5.64. The molecule has 0 heterocycles. The molecule has 1 aromatic rings. The van der Waals surface area contributed by atoms with Crippen LogP contribution in [0.2, 0.25) is 10.0 Å². The van der Waals surface area contributed by atoms with Gasteiger partial charge in [-0.25, -0.2) is 0 Å². The smallest absolute Gasteiger partial charge is 0.0468 e. The zero-order chi connectivity index (χ0) is 13.9. The Labute approximate surface area is 130 Å². The highest BCUT2D eigenvalue weighted by atomic mass is 35.5. The van der Waals surface area contributed by atoms with Gasteiger partial charge in [0.25, 0.3) is 0 Å². The van der Waals surface area contributed by atoms with E-state index < -0.39 is 0 Å². The van der Waals surface area contributed by atoms with E-state index in [-0.39, 0.29) is 6.04 Å². The summed E-state index contributed by atoms with van der Waals surface area (Å²) >= 11 is 12.4. The predicted molar refractivity (Wildman–Crippen MR) is 84.0 cm³/mol. The molecule has 4 bridgehead atoms. The molecule has 0 radical (unpaired) electrons. The molecule has 2 N–H and O–H groups in total. The molecule has 3 heteroatoms. The van der Waals surface area contributed by atoms with Crippen LogP contribution in [0.3, 0.4) is 0 Å². The van der Waals surface area contributed by atoms with Crippen molar-refractivity contribution in [3.8, 4) is 0 Å². The van der Waals surface area contributed by atoms with Crippen molar-refractivity contribution < 1.29 is 0 Å². The fourth-order valence-corrected chi connectivity index (χ4v) is 6.17. The third-order valence-electron chi connectivity index (χ3n) is 6.04. The molecule has 5 rings (SSSR count). The average Bonchev–Trinajstić information content (AvgIpc) is 2.36. The largest absolute Gasteiger partial charge is 0.323 e. The minimum atomic E-state index is 0.0701. The lowest BCUT2D eigenvalue weighted by atomic mass is 9.47. The van der Waals surface area contributed by atoms with Gasteiger partial charge in [0.05, 0.1) is 0 Å². The van der Waals surface area contributed by atoms with Crippen molar-refractivity contribution in [2.75, 3.05) is 0 Å². The number of nitrogens with two attached hydrogens (primary N) is 1. The van der Waals surface area contributed by atoms with Gasteiger partial charge >= 0.3 is 0 Å². The van der Waals surface area contributed by atoms with Crippen molar-refractivity contribution in [3.63, 3.8) is 0 Å². The highest BCUT2D eigenvalue weighted by molar-refractivity contribution is 6.35. The van der Waals surface area contributed by atoms with E-state index in [1.54, 1.807) is 0 Å². The normalized spacial score (nSPS) is 40.0. The van der Waals surface area contributed by atoms with E-state index in [1.165, 1.54) is 38.5 Å². The van der Waals surface area contributed by atoms with E-state index in [0.717, 1.165) is 28.3 Å². The summed E-state index contributed by atoms with van der Waals surface area (Å²) in [6, 6.07) is 5.86. The number of rotatable bonds is 2. The molecule has 0 aliphatic heterocycles. The first kappa shape index (κ1) is 13.4. The molecular formula is C17H21Cl2N. The van der Waals surface area contributed by atoms with Gasteiger partial charge in [0.15, 0.2) is 0 Å². The van der Waals surface area contributed by atoms with Gasteiger partial charge in [-0.15, -0.1) is 0 Å². The zero-order valence-electron chi connectivity index (χ0n) is 11.6. The van der Waals surface area contributed by atoms with Crippen LogP contribution in [-0.4, -0.2) is 0 Å². The Morgan fingerprint density at radius 1 is 1.00 bits per heavy atom. The third kappa shape index (κ3) is 2.01. The fraction of sp³-hybridized carbons (Fsp3) is 0.647. The summed E-state index contributed by atoms with van der Waals surface area (Å²) in [5.41, 5.74) is 8.11.